The van der Waals surface area contributed by atoms with Gasteiger partial charge in [-0.15, -0.1) is 0 Å². The Kier molecular flexibility index (Phi) is 6.99. The van der Waals surface area contributed by atoms with Gasteiger partial charge in [-0.25, -0.2) is 4.79 Å². The summed E-state index contributed by atoms with van der Waals surface area (Å²) < 4.78 is 5.41. The Hall–Kier alpha value is -1.10. The molecule has 1 saturated carbocycles. The highest BCUT2D eigenvalue weighted by atomic mass is 16.5. The van der Waals surface area contributed by atoms with Crippen LogP contribution < -0.4 is 5.32 Å². The fourth-order valence-corrected chi connectivity index (χ4v) is 2.79. The number of nitrogens with one attached hydrogen (secondary N) is 1. The van der Waals surface area contributed by atoms with Crippen LogP contribution in [0.5, 0.6) is 0 Å². The fraction of sp³-hybridized carbons (Fsp3) is 0.867. The molecule has 0 aromatic heterocycles. The average Bonchev–Trinajstić information content (AvgIpc) is 2.38. The van der Waals surface area contributed by atoms with Crippen LogP contribution in [0.4, 0.5) is 0 Å². The van der Waals surface area contributed by atoms with E-state index < -0.39 is 11.9 Å². The summed E-state index contributed by atoms with van der Waals surface area (Å²) in [5.41, 5.74) is 0. The van der Waals surface area contributed by atoms with Crippen LogP contribution in [0.25, 0.3) is 0 Å². The predicted molar refractivity (Wildman–Crippen MR) is 75.9 cm³/mol. The molecule has 116 valence electrons. The van der Waals surface area contributed by atoms with Gasteiger partial charge in [0, 0.05) is 13.2 Å². The molecule has 1 aliphatic carbocycles. The van der Waals surface area contributed by atoms with Gasteiger partial charge in [0.05, 0.1) is 0 Å². The van der Waals surface area contributed by atoms with Crippen molar-refractivity contribution in [1.82, 2.24) is 5.32 Å². The number of carbonyl (C=O) groups is 2. The second-order valence-corrected chi connectivity index (χ2v) is 6.10. The van der Waals surface area contributed by atoms with E-state index in [1.54, 1.807) is 0 Å². The first-order chi connectivity index (χ1) is 9.45. The number of hydrogen-bond acceptors (Lipinski definition) is 4. The number of rotatable bonds is 5. The summed E-state index contributed by atoms with van der Waals surface area (Å²) >= 11 is 0. The number of carbonyl (C=O) groups excluding carboxylic acids is 2. The van der Waals surface area contributed by atoms with E-state index in [2.05, 4.69) is 26.1 Å². The first kappa shape index (κ1) is 17.0. The van der Waals surface area contributed by atoms with Crippen LogP contribution in [0.1, 0.15) is 46.5 Å². The lowest BCUT2D eigenvalue weighted by atomic mass is 9.75. The maximum absolute atomic E-state index is 11.8. The molecule has 5 heteroatoms. The third-order valence-corrected chi connectivity index (χ3v) is 4.03. The van der Waals surface area contributed by atoms with Crippen LogP contribution in [0.15, 0.2) is 0 Å². The first-order valence-corrected chi connectivity index (χ1v) is 7.55. The van der Waals surface area contributed by atoms with Crippen molar-refractivity contribution in [1.29, 1.82) is 0 Å². The summed E-state index contributed by atoms with van der Waals surface area (Å²) in [6.07, 6.45) is 3.31. The molecule has 0 aromatic carbocycles. The van der Waals surface area contributed by atoms with Gasteiger partial charge in [0.15, 0.2) is 0 Å². The average molecular weight is 285 g/mol. The molecule has 0 radical (unpaired) electrons. The minimum absolute atomic E-state index is 0.00904. The predicted octanol–water partition coefficient (Wildman–Crippen LogP) is 1.49. The molecule has 1 rings (SSSR count). The van der Waals surface area contributed by atoms with Gasteiger partial charge in [0.25, 0.3) is 0 Å². The first-order valence-electron chi connectivity index (χ1n) is 7.55. The quantitative estimate of drug-likeness (QED) is 0.456. The normalized spacial score (nSPS) is 26.4. The zero-order chi connectivity index (χ0) is 15.1. The highest BCUT2D eigenvalue weighted by Crippen LogP contribution is 2.35. The van der Waals surface area contributed by atoms with Crippen LogP contribution >= 0.6 is 0 Å². The fourth-order valence-electron chi connectivity index (χ4n) is 2.79. The van der Waals surface area contributed by atoms with E-state index in [1.165, 1.54) is 0 Å². The van der Waals surface area contributed by atoms with E-state index >= 15 is 0 Å². The van der Waals surface area contributed by atoms with E-state index in [4.69, 9.17) is 9.84 Å². The number of amides is 1. The number of aliphatic hydroxyl groups is 1. The topological polar surface area (TPSA) is 75.6 Å². The summed E-state index contributed by atoms with van der Waals surface area (Å²) in [4.78, 5) is 23.4. The van der Waals surface area contributed by atoms with E-state index in [-0.39, 0.29) is 12.7 Å². The van der Waals surface area contributed by atoms with E-state index in [1.807, 2.05) is 0 Å². The second-order valence-electron chi connectivity index (χ2n) is 6.10. The lowest BCUT2D eigenvalue weighted by Gasteiger charge is -2.36. The van der Waals surface area contributed by atoms with Crippen molar-refractivity contribution in [2.45, 2.75) is 52.6 Å². The van der Waals surface area contributed by atoms with Crippen LogP contribution in [-0.2, 0) is 14.3 Å². The monoisotopic (exact) mass is 285 g/mol. The molecule has 3 unspecified atom stereocenters. The van der Waals surface area contributed by atoms with Gasteiger partial charge in [0.2, 0.25) is 0 Å². The third kappa shape index (κ3) is 5.12. The molecule has 0 heterocycles. The molecule has 20 heavy (non-hydrogen) atoms. The van der Waals surface area contributed by atoms with Gasteiger partial charge in [-0.1, -0.05) is 27.2 Å². The summed E-state index contributed by atoms with van der Waals surface area (Å²) in [7, 11) is 0. The molecule has 0 bridgehead atoms. The van der Waals surface area contributed by atoms with Gasteiger partial charge in [0.1, 0.15) is 6.10 Å². The van der Waals surface area contributed by atoms with Crippen LogP contribution in [0, 0.1) is 17.8 Å². The van der Waals surface area contributed by atoms with Gasteiger partial charge < -0.3 is 15.2 Å². The van der Waals surface area contributed by atoms with Gasteiger partial charge in [-0.2, -0.15) is 0 Å². The van der Waals surface area contributed by atoms with Crippen molar-refractivity contribution in [2.24, 2.45) is 17.8 Å². The molecule has 1 fully saturated rings. The lowest BCUT2D eigenvalue weighted by Crippen LogP contribution is -2.40. The summed E-state index contributed by atoms with van der Waals surface area (Å²) in [5, 5.41) is 11.1. The third-order valence-electron chi connectivity index (χ3n) is 4.03. The highest BCUT2D eigenvalue weighted by Gasteiger charge is 2.34. The van der Waals surface area contributed by atoms with Crippen LogP contribution in [-0.4, -0.2) is 36.2 Å². The second kappa shape index (κ2) is 8.25. The Balaban J connectivity index is 2.50. The SMILES string of the molecule is CC1CCC(C(C)C)C(OC(=O)C(=O)NCCCO)C1. The summed E-state index contributed by atoms with van der Waals surface area (Å²) in [5.74, 6) is -0.203. The molecule has 3 atom stereocenters. The molecule has 0 spiro atoms. The standard InChI is InChI=1S/C15H27NO4/c1-10(2)12-6-5-11(3)9-13(12)20-15(19)14(18)16-7-4-8-17/h10-13,17H,4-9H2,1-3H3,(H,16,18). The Morgan fingerprint density at radius 2 is 2.05 bits per heavy atom. The Bertz CT molecular complexity index is 330. The molecule has 1 aliphatic rings. The van der Waals surface area contributed by atoms with E-state index in [0.29, 0.717) is 30.7 Å². The van der Waals surface area contributed by atoms with Crippen molar-refractivity contribution in [3.8, 4) is 0 Å². The largest absolute Gasteiger partial charge is 0.455 e. The Labute approximate surface area is 121 Å². The Morgan fingerprint density at radius 1 is 1.35 bits per heavy atom. The van der Waals surface area contributed by atoms with E-state index in [0.717, 1.165) is 19.3 Å². The minimum atomic E-state index is -0.798. The van der Waals surface area contributed by atoms with Crippen molar-refractivity contribution in [3.63, 3.8) is 0 Å². The Morgan fingerprint density at radius 3 is 2.65 bits per heavy atom. The van der Waals surface area contributed by atoms with E-state index in [9.17, 15) is 9.59 Å². The maximum Gasteiger partial charge on any atom is 0.397 e. The van der Waals surface area contributed by atoms with Crippen LogP contribution in [0.3, 0.4) is 0 Å². The van der Waals surface area contributed by atoms with Gasteiger partial charge in [-0.05, 0) is 37.0 Å². The smallest absolute Gasteiger partial charge is 0.397 e. The zero-order valence-electron chi connectivity index (χ0n) is 12.7. The molecule has 0 saturated heterocycles. The highest BCUT2D eigenvalue weighted by molar-refractivity contribution is 6.32. The van der Waals surface area contributed by atoms with Crippen molar-refractivity contribution < 1.29 is 19.4 Å². The van der Waals surface area contributed by atoms with Gasteiger partial charge in [-0.3, -0.25) is 4.79 Å². The molecule has 1 amide bonds. The van der Waals surface area contributed by atoms with Crippen molar-refractivity contribution >= 4 is 11.9 Å². The molecule has 0 aliphatic heterocycles. The summed E-state index contributed by atoms with van der Waals surface area (Å²) in [6.45, 7) is 6.69. The molecule has 0 aromatic rings. The van der Waals surface area contributed by atoms with Crippen molar-refractivity contribution in [3.05, 3.63) is 0 Å². The van der Waals surface area contributed by atoms with Crippen molar-refractivity contribution in [2.75, 3.05) is 13.2 Å². The number of hydrogen-bond donors (Lipinski definition) is 2. The molecular weight excluding hydrogens is 258 g/mol. The number of esters is 1. The maximum atomic E-state index is 11.8. The zero-order valence-corrected chi connectivity index (χ0v) is 12.7. The number of aliphatic hydroxyl groups excluding tert-OH is 1. The lowest BCUT2D eigenvalue weighted by molar-refractivity contribution is -0.164. The molecule has 5 nitrogen and oxygen atoms in total. The molecular formula is C15H27NO4. The molecule has 2 N–H and O–H groups in total. The summed E-state index contributed by atoms with van der Waals surface area (Å²) in [6, 6.07) is 0. The van der Waals surface area contributed by atoms with Gasteiger partial charge >= 0.3 is 11.9 Å². The number of ether oxygens (including phenoxy) is 1. The minimum Gasteiger partial charge on any atom is -0.455 e. The van der Waals surface area contributed by atoms with Crippen LogP contribution in [0.2, 0.25) is 0 Å².